The molecule has 0 spiro atoms. The molecule has 3 amide bonds. The van der Waals surface area contributed by atoms with Gasteiger partial charge in [0.25, 0.3) is 5.91 Å². The number of carbonyl (C=O) groups is 2. The number of imide groups is 1. The van der Waals surface area contributed by atoms with Gasteiger partial charge in [-0.2, -0.15) is 19.6 Å². The summed E-state index contributed by atoms with van der Waals surface area (Å²) in [5.41, 5.74) is 2.45. The van der Waals surface area contributed by atoms with Gasteiger partial charge in [0, 0.05) is 44.3 Å². The van der Waals surface area contributed by atoms with E-state index in [1.807, 2.05) is 18.2 Å². The van der Waals surface area contributed by atoms with Crippen LogP contribution in [0.5, 0.6) is 0 Å². The molecule has 3 aromatic rings. The van der Waals surface area contributed by atoms with Crippen molar-refractivity contribution in [3.05, 3.63) is 53.4 Å². The molecule has 2 aliphatic heterocycles. The first-order chi connectivity index (χ1) is 18.0. The minimum atomic E-state index is -0.546. The van der Waals surface area contributed by atoms with Crippen molar-refractivity contribution < 1.29 is 9.59 Å². The molecule has 12 nitrogen and oxygen atoms in total. The van der Waals surface area contributed by atoms with Crippen molar-refractivity contribution in [3.8, 4) is 0 Å². The number of hydrogen-bond acceptors (Lipinski definition) is 9. The number of rotatable bonds is 8. The van der Waals surface area contributed by atoms with Gasteiger partial charge in [-0.05, 0) is 31.5 Å². The Kier molecular flexibility index (Phi) is 6.18. The van der Waals surface area contributed by atoms with Gasteiger partial charge in [-0.1, -0.05) is 30.3 Å². The van der Waals surface area contributed by atoms with Gasteiger partial charge in [-0.25, -0.2) is 4.79 Å². The quantitative estimate of drug-likeness (QED) is 0.266. The number of piperazine rings is 1. The van der Waals surface area contributed by atoms with E-state index in [4.69, 9.17) is 9.97 Å². The lowest BCUT2D eigenvalue weighted by Crippen LogP contribution is -2.46. The number of nitrogens with one attached hydrogen (secondary N) is 4. The molecule has 4 N–H and O–H groups in total. The van der Waals surface area contributed by atoms with Crippen LogP contribution >= 0.6 is 0 Å². The normalized spacial score (nSPS) is 20.7. The highest BCUT2D eigenvalue weighted by Gasteiger charge is 2.27. The second-order valence-corrected chi connectivity index (χ2v) is 9.80. The molecule has 1 saturated carbocycles. The zero-order valence-electron chi connectivity index (χ0n) is 20.6. The second-order valence-electron chi connectivity index (χ2n) is 9.80. The minimum Gasteiger partial charge on any atom is -0.351 e. The molecule has 12 heteroatoms. The van der Waals surface area contributed by atoms with Crippen molar-refractivity contribution in [1.29, 1.82) is 0 Å². The van der Waals surface area contributed by atoms with E-state index < -0.39 is 11.9 Å². The van der Waals surface area contributed by atoms with Gasteiger partial charge in [0.05, 0.1) is 12.2 Å². The number of anilines is 2. The fourth-order valence-corrected chi connectivity index (χ4v) is 4.57. The van der Waals surface area contributed by atoms with Crippen LogP contribution in [0, 0.1) is 0 Å². The first-order valence-corrected chi connectivity index (χ1v) is 12.6. The number of fused-ring (bicyclic) bond motifs is 1. The molecule has 1 atom stereocenters. The third-order valence-electron chi connectivity index (χ3n) is 6.87. The molecule has 1 aromatic carbocycles. The molecule has 4 heterocycles. The van der Waals surface area contributed by atoms with Crippen molar-refractivity contribution in [1.82, 2.24) is 40.0 Å². The van der Waals surface area contributed by atoms with Crippen LogP contribution in [0.25, 0.3) is 11.7 Å². The summed E-state index contributed by atoms with van der Waals surface area (Å²) in [7, 11) is 2.15. The van der Waals surface area contributed by atoms with E-state index in [2.05, 4.69) is 55.3 Å². The summed E-state index contributed by atoms with van der Waals surface area (Å²) in [6.07, 6.45) is 5.36. The molecule has 1 unspecified atom stereocenters. The lowest BCUT2D eigenvalue weighted by atomic mass is 10.1. The fourth-order valence-electron chi connectivity index (χ4n) is 4.57. The van der Waals surface area contributed by atoms with Gasteiger partial charge >= 0.3 is 6.03 Å². The van der Waals surface area contributed by atoms with E-state index in [1.54, 1.807) is 16.8 Å². The van der Waals surface area contributed by atoms with Crippen molar-refractivity contribution in [3.63, 3.8) is 0 Å². The Morgan fingerprint density at radius 2 is 1.86 bits per heavy atom. The number of benzene rings is 1. The highest BCUT2D eigenvalue weighted by molar-refractivity contribution is 6.14. The monoisotopic (exact) mass is 502 g/mol. The number of urea groups is 1. The summed E-state index contributed by atoms with van der Waals surface area (Å²) in [5.74, 6) is 0.578. The molecule has 2 saturated heterocycles. The molecular formula is C25H30N10O2. The van der Waals surface area contributed by atoms with Crippen LogP contribution in [0.4, 0.5) is 16.7 Å². The van der Waals surface area contributed by atoms with Crippen molar-refractivity contribution in [2.75, 3.05) is 50.4 Å². The number of likely N-dealkylation sites (N-methyl/N-ethyl adjacent to an activating group) is 1. The molecule has 2 aromatic heterocycles. The molecular weight excluding hydrogens is 472 g/mol. The summed E-state index contributed by atoms with van der Waals surface area (Å²) < 4.78 is 1.64. The predicted molar refractivity (Wildman–Crippen MR) is 139 cm³/mol. The molecule has 3 aliphatic rings. The van der Waals surface area contributed by atoms with E-state index in [9.17, 15) is 9.59 Å². The van der Waals surface area contributed by atoms with Gasteiger partial charge in [0.1, 0.15) is 5.70 Å². The Balaban J connectivity index is 1.34. The van der Waals surface area contributed by atoms with E-state index >= 15 is 0 Å². The largest absolute Gasteiger partial charge is 0.351 e. The number of aromatic nitrogens is 4. The highest BCUT2D eigenvalue weighted by Crippen LogP contribution is 2.27. The predicted octanol–water partition coefficient (Wildman–Crippen LogP) is 1.28. The zero-order valence-corrected chi connectivity index (χ0v) is 20.6. The second kappa shape index (κ2) is 9.79. The number of hydrogen-bond donors (Lipinski definition) is 4. The molecule has 192 valence electrons. The summed E-state index contributed by atoms with van der Waals surface area (Å²) in [6.45, 7) is 4.91. The Labute approximate surface area is 214 Å². The van der Waals surface area contributed by atoms with Crippen molar-refractivity contribution in [2.45, 2.75) is 24.9 Å². The SMILES string of the molecule is CN1CCN(CC(Nc2nc(NC3CC3)n3ncc(/C=C4\NC(=O)NC4=O)c3n2)c2ccccc2)CC1. The zero-order chi connectivity index (χ0) is 25.4. The Morgan fingerprint density at radius 3 is 2.57 bits per heavy atom. The average molecular weight is 503 g/mol. The Morgan fingerprint density at radius 1 is 1.08 bits per heavy atom. The topological polar surface area (TPSA) is 132 Å². The maximum absolute atomic E-state index is 12.1. The Bertz CT molecular complexity index is 1340. The van der Waals surface area contributed by atoms with Gasteiger partial charge in [-0.3, -0.25) is 15.0 Å². The van der Waals surface area contributed by atoms with Crippen molar-refractivity contribution >= 4 is 35.6 Å². The van der Waals surface area contributed by atoms with Gasteiger partial charge in [0.15, 0.2) is 5.65 Å². The van der Waals surface area contributed by atoms with Crippen molar-refractivity contribution in [2.24, 2.45) is 0 Å². The highest BCUT2D eigenvalue weighted by atomic mass is 16.2. The van der Waals surface area contributed by atoms with E-state index in [0.29, 0.717) is 29.1 Å². The third kappa shape index (κ3) is 5.25. The molecule has 1 aliphatic carbocycles. The fraction of sp³-hybridized carbons (Fsp3) is 0.400. The summed E-state index contributed by atoms with van der Waals surface area (Å²) in [5, 5.41) is 16.2. The molecule has 0 bridgehead atoms. The van der Waals surface area contributed by atoms with Crippen LogP contribution in [0.15, 0.2) is 42.2 Å². The van der Waals surface area contributed by atoms with Crippen LogP contribution < -0.4 is 21.3 Å². The maximum Gasteiger partial charge on any atom is 0.326 e. The van der Waals surface area contributed by atoms with Crippen LogP contribution in [-0.4, -0.2) is 87.1 Å². The molecule has 0 radical (unpaired) electrons. The standard InChI is InChI=1S/C25H30N10O2/c1-33-9-11-34(12-10-33)15-20(16-5-3-2-4-6-16)28-23-30-21-17(13-19-22(36)31-25(37)29-19)14-26-35(21)24(32-23)27-18-7-8-18/h2-6,13-14,18,20H,7-12,15H2,1H3,(H2,27,28,30,32)(H2,29,31,36,37)/b19-13-. The number of amides is 3. The lowest BCUT2D eigenvalue weighted by molar-refractivity contribution is -0.115. The Hall–Kier alpha value is -4.03. The van der Waals surface area contributed by atoms with Crippen LogP contribution in [0.3, 0.4) is 0 Å². The van der Waals surface area contributed by atoms with Crippen LogP contribution in [-0.2, 0) is 4.79 Å². The summed E-state index contributed by atoms with van der Waals surface area (Å²) >= 11 is 0. The van der Waals surface area contributed by atoms with Crippen LogP contribution in [0.1, 0.15) is 30.0 Å². The average Bonchev–Trinajstić information content (AvgIpc) is 3.53. The van der Waals surface area contributed by atoms with E-state index in [0.717, 1.165) is 51.1 Å². The van der Waals surface area contributed by atoms with Gasteiger partial charge in [-0.15, -0.1) is 0 Å². The maximum atomic E-state index is 12.1. The first kappa shape index (κ1) is 23.4. The van der Waals surface area contributed by atoms with E-state index in [1.165, 1.54) is 0 Å². The van der Waals surface area contributed by atoms with Crippen LogP contribution in [0.2, 0.25) is 0 Å². The molecule has 37 heavy (non-hydrogen) atoms. The van der Waals surface area contributed by atoms with Gasteiger partial charge < -0.3 is 20.9 Å². The summed E-state index contributed by atoms with van der Waals surface area (Å²) in [4.78, 5) is 38.1. The number of carbonyl (C=O) groups excluding carboxylic acids is 2. The smallest absolute Gasteiger partial charge is 0.326 e. The molecule has 6 rings (SSSR count). The first-order valence-electron chi connectivity index (χ1n) is 12.6. The molecule has 3 fully saturated rings. The minimum absolute atomic E-state index is 0.0227. The lowest BCUT2D eigenvalue weighted by Gasteiger charge is -2.35. The number of nitrogens with zero attached hydrogens (tertiary/aromatic N) is 6. The third-order valence-corrected chi connectivity index (χ3v) is 6.87. The van der Waals surface area contributed by atoms with E-state index in [-0.39, 0.29) is 11.7 Å². The summed E-state index contributed by atoms with van der Waals surface area (Å²) in [6, 6.07) is 10.1. The van der Waals surface area contributed by atoms with Gasteiger partial charge in [0.2, 0.25) is 11.9 Å².